The number of hydrogen-bond donors (Lipinski definition) is 1. The topological polar surface area (TPSA) is 62.8 Å². The summed E-state index contributed by atoms with van der Waals surface area (Å²) in [6.07, 6.45) is 4.72. The minimum Gasteiger partial charge on any atom is -0.346 e. The number of halogens is 1. The molecule has 1 N–H and O–H groups in total. The molecule has 1 aliphatic rings. The number of anilines is 1. The van der Waals surface area contributed by atoms with E-state index in [1.165, 1.54) is 0 Å². The summed E-state index contributed by atoms with van der Waals surface area (Å²) in [6, 6.07) is 7.84. The molecule has 0 bridgehead atoms. The van der Waals surface area contributed by atoms with Crippen molar-refractivity contribution in [2.45, 2.75) is 19.1 Å². The fourth-order valence-corrected chi connectivity index (χ4v) is 3.84. The highest BCUT2D eigenvalue weighted by Gasteiger charge is 2.31. The van der Waals surface area contributed by atoms with Crippen molar-refractivity contribution in [3.63, 3.8) is 0 Å². The number of likely N-dealkylation sites (tertiary alicyclic amines) is 1. The minimum absolute atomic E-state index is 0.286. The van der Waals surface area contributed by atoms with Crippen LogP contribution < -0.4 is 5.32 Å². The number of hydrogen-bond acceptors (Lipinski definition) is 5. The van der Waals surface area contributed by atoms with E-state index in [0.29, 0.717) is 19.0 Å². The van der Waals surface area contributed by atoms with E-state index in [2.05, 4.69) is 26.6 Å². The average molecular weight is 365 g/mol. The summed E-state index contributed by atoms with van der Waals surface area (Å²) in [7, 11) is 1.92. The molecule has 1 aliphatic heterocycles. The first-order chi connectivity index (χ1) is 13.1. The number of fused-ring (bicyclic) bond motifs is 2. The van der Waals surface area contributed by atoms with E-state index in [9.17, 15) is 4.39 Å². The number of alkyl halides is 1. The fourth-order valence-electron chi connectivity index (χ4n) is 3.84. The maximum absolute atomic E-state index is 14.1. The van der Waals surface area contributed by atoms with Crippen LogP contribution in [0.25, 0.3) is 22.2 Å². The summed E-state index contributed by atoms with van der Waals surface area (Å²) in [4.78, 5) is 6.56. The molecule has 2 atom stereocenters. The molecule has 0 aliphatic carbocycles. The third-order valence-electron chi connectivity index (χ3n) is 5.14. The Hall–Kier alpha value is -3.00. The predicted molar refractivity (Wildman–Crippen MR) is 102 cm³/mol. The number of pyridine rings is 1. The second-order valence-electron chi connectivity index (χ2n) is 7.15. The third-order valence-corrected chi connectivity index (χ3v) is 5.14. The van der Waals surface area contributed by atoms with Crippen LogP contribution in [0.1, 0.15) is 5.69 Å². The van der Waals surface area contributed by atoms with Gasteiger partial charge in [-0.2, -0.15) is 5.10 Å². The molecule has 4 aromatic heterocycles. The molecule has 0 saturated carbocycles. The zero-order valence-corrected chi connectivity index (χ0v) is 15.2. The Morgan fingerprint density at radius 2 is 2.00 bits per heavy atom. The van der Waals surface area contributed by atoms with Gasteiger partial charge in [-0.25, -0.2) is 18.4 Å². The molecule has 2 unspecified atom stereocenters. The van der Waals surface area contributed by atoms with E-state index >= 15 is 0 Å². The Morgan fingerprint density at radius 3 is 2.81 bits per heavy atom. The van der Waals surface area contributed by atoms with Gasteiger partial charge in [0.05, 0.1) is 22.8 Å². The molecule has 5 rings (SSSR count). The van der Waals surface area contributed by atoms with Crippen molar-refractivity contribution in [1.29, 1.82) is 0 Å². The highest BCUT2D eigenvalue weighted by Crippen LogP contribution is 2.28. The van der Waals surface area contributed by atoms with Gasteiger partial charge < -0.3 is 10.2 Å². The Kier molecular flexibility index (Phi) is 3.61. The summed E-state index contributed by atoms with van der Waals surface area (Å²) in [5.41, 5.74) is 4.97. The van der Waals surface area contributed by atoms with Crippen molar-refractivity contribution in [2.75, 3.05) is 25.5 Å². The standard InChI is InChI=1S/C19H20FN7/c1-12-18-15(13-4-7-26-14(9-13)3-6-21-26)5-8-27(18)24-19(22-12)23-17-11-25(2)10-16(17)20/h3-9,16-17H,10-11H2,1-2H3,(H,23,24). The molecule has 0 radical (unpaired) electrons. The van der Waals surface area contributed by atoms with Crippen molar-refractivity contribution < 1.29 is 4.39 Å². The lowest BCUT2D eigenvalue weighted by Gasteiger charge is -2.15. The Labute approximate surface area is 155 Å². The quantitative estimate of drug-likeness (QED) is 0.604. The predicted octanol–water partition coefficient (Wildman–Crippen LogP) is 2.42. The monoisotopic (exact) mass is 365 g/mol. The van der Waals surface area contributed by atoms with Crippen molar-refractivity contribution in [2.24, 2.45) is 0 Å². The van der Waals surface area contributed by atoms with Gasteiger partial charge in [0, 0.05) is 37.2 Å². The summed E-state index contributed by atoms with van der Waals surface area (Å²) >= 11 is 0. The molecule has 0 aromatic carbocycles. The van der Waals surface area contributed by atoms with Gasteiger partial charge in [-0.15, -0.1) is 5.10 Å². The van der Waals surface area contributed by atoms with E-state index in [0.717, 1.165) is 27.9 Å². The van der Waals surface area contributed by atoms with Crippen LogP contribution in [0, 0.1) is 6.92 Å². The fraction of sp³-hybridized carbons (Fsp3) is 0.316. The van der Waals surface area contributed by atoms with E-state index in [4.69, 9.17) is 0 Å². The summed E-state index contributed by atoms with van der Waals surface area (Å²) in [5.74, 6) is 0.455. The van der Waals surface area contributed by atoms with Gasteiger partial charge in [0.15, 0.2) is 0 Å². The molecule has 1 fully saturated rings. The lowest BCUT2D eigenvalue weighted by atomic mass is 10.1. The smallest absolute Gasteiger partial charge is 0.241 e. The SMILES string of the molecule is Cc1nc(NC2CN(C)CC2F)nn2ccc(-c3ccn4nccc4c3)c12. The second-order valence-corrected chi connectivity index (χ2v) is 7.15. The van der Waals surface area contributed by atoms with Gasteiger partial charge >= 0.3 is 0 Å². The van der Waals surface area contributed by atoms with Gasteiger partial charge in [-0.3, -0.25) is 0 Å². The van der Waals surface area contributed by atoms with Crippen molar-refractivity contribution in [3.05, 3.63) is 48.5 Å². The molecule has 8 heteroatoms. The Bertz CT molecular complexity index is 1130. The number of nitrogens with zero attached hydrogens (tertiary/aromatic N) is 6. The van der Waals surface area contributed by atoms with Crippen molar-refractivity contribution >= 4 is 17.0 Å². The molecule has 0 spiro atoms. The lowest BCUT2D eigenvalue weighted by molar-refractivity contribution is 0.313. The van der Waals surface area contributed by atoms with Gasteiger partial charge in [0.25, 0.3) is 0 Å². The van der Waals surface area contributed by atoms with Crippen LogP contribution in [0.2, 0.25) is 0 Å². The van der Waals surface area contributed by atoms with E-state index < -0.39 is 6.17 Å². The van der Waals surface area contributed by atoms with Crippen molar-refractivity contribution in [1.82, 2.24) is 29.1 Å². The minimum atomic E-state index is -0.919. The number of likely N-dealkylation sites (N-methyl/N-ethyl adjacent to an activating group) is 1. The van der Waals surface area contributed by atoms with E-state index in [1.54, 1.807) is 6.20 Å². The van der Waals surface area contributed by atoms with E-state index in [1.807, 2.05) is 58.5 Å². The highest BCUT2D eigenvalue weighted by molar-refractivity contribution is 5.84. The number of rotatable bonds is 3. The molecule has 1 saturated heterocycles. The van der Waals surface area contributed by atoms with Crippen LogP contribution in [-0.4, -0.2) is 61.5 Å². The molecule has 7 nitrogen and oxygen atoms in total. The highest BCUT2D eigenvalue weighted by atomic mass is 19.1. The lowest BCUT2D eigenvalue weighted by Crippen LogP contribution is -2.30. The largest absolute Gasteiger partial charge is 0.346 e. The van der Waals surface area contributed by atoms with Crippen LogP contribution in [0.15, 0.2) is 42.9 Å². The molecule has 27 heavy (non-hydrogen) atoms. The van der Waals surface area contributed by atoms with E-state index in [-0.39, 0.29) is 6.04 Å². The normalized spacial score (nSPS) is 20.7. The molecule has 138 valence electrons. The van der Waals surface area contributed by atoms with Crippen LogP contribution in [0.4, 0.5) is 10.3 Å². The first-order valence-electron chi connectivity index (χ1n) is 8.97. The maximum Gasteiger partial charge on any atom is 0.241 e. The summed E-state index contributed by atoms with van der Waals surface area (Å²) in [5, 5.41) is 11.9. The molecule has 0 amide bonds. The van der Waals surface area contributed by atoms with Crippen LogP contribution in [-0.2, 0) is 0 Å². The van der Waals surface area contributed by atoms with Gasteiger partial charge in [0.2, 0.25) is 5.95 Å². The number of aromatic nitrogens is 5. The number of aryl methyl sites for hydroxylation is 1. The van der Waals surface area contributed by atoms with Crippen molar-refractivity contribution in [3.8, 4) is 11.1 Å². The zero-order valence-electron chi connectivity index (χ0n) is 15.2. The van der Waals surface area contributed by atoms with Crippen LogP contribution >= 0.6 is 0 Å². The maximum atomic E-state index is 14.1. The Morgan fingerprint density at radius 1 is 1.15 bits per heavy atom. The van der Waals surface area contributed by atoms with Gasteiger partial charge in [-0.1, -0.05) is 0 Å². The molecular formula is C19H20FN7. The van der Waals surface area contributed by atoms with Gasteiger partial charge in [0.1, 0.15) is 6.17 Å². The molecular weight excluding hydrogens is 345 g/mol. The molecule has 4 aromatic rings. The first kappa shape index (κ1) is 16.2. The molecule has 5 heterocycles. The van der Waals surface area contributed by atoms with Crippen LogP contribution in [0.5, 0.6) is 0 Å². The van der Waals surface area contributed by atoms with Gasteiger partial charge in [-0.05, 0) is 43.8 Å². The zero-order chi connectivity index (χ0) is 18.5. The average Bonchev–Trinajstić information content (AvgIpc) is 3.33. The Balaban J connectivity index is 1.53. The first-order valence-corrected chi connectivity index (χ1v) is 8.97. The second kappa shape index (κ2) is 6.02. The number of nitrogens with one attached hydrogen (secondary N) is 1. The summed E-state index contributed by atoms with van der Waals surface area (Å²) in [6.45, 7) is 3.03. The summed E-state index contributed by atoms with van der Waals surface area (Å²) < 4.78 is 17.7. The third kappa shape index (κ3) is 2.73. The van der Waals surface area contributed by atoms with Crippen LogP contribution in [0.3, 0.4) is 0 Å².